The molecule has 1 aromatic heterocycles. The molecule has 0 atom stereocenters. The zero-order valence-corrected chi connectivity index (χ0v) is 17.5. The van der Waals surface area contributed by atoms with Crippen LogP contribution in [0, 0.1) is 0 Å². The average Bonchev–Trinajstić information content (AvgIpc) is 3.14. The highest BCUT2D eigenvalue weighted by atomic mass is 35.5. The topological polar surface area (TPSA) is 51.0 Å². The number of aromatic nitrogens is 3. The minimum absolute atomic E-state index is 0.113. The molecule has 4 rings (SSSR count). The molecule has 0 N–H and O–H groups in total. The molecule has 0 fully saturated rings. The minimum atomic E-state index is 0.113. The van der Waals surface area contributed by atoms with Crippen molar-refractivity contribution in [3.8, 4) is 11.4 Å². The monoisotopic (exact) mass is 424 g/mol. The molecule has 1 aliphatic rings. The Bertz CT molecular complexity index is 1050. The summed E-state index contributed by atoms with van der Waals surface area (Å²) in [5.74, 6) is 1.16. The van der Waals surface area contributed by atoms with Gasteiger partial charge in [0.15, 0.2) is 11.0 Å². The predicted octanol–water partition coefficient (Wildman–Crippen LogP) is 4.46. The van der Waals surface area contributed by atoms with Crippen LogP contribution in [0.1, 0.15) is 11.1 Å². The summed E-state index contributed by atoms with van der Waals surface area (Å²) >= 11 is 7.53. The van der Waals surface area contributed by atoms with Crippen molar-refractivity contribution < 1.29 is 4.79 Å². The molecule has 0 bridgehead atoms. The third-order valence-corrected chi connectivity index (χ3v) is 6.11. The third kappa shape index (κ3) is 4.38. The van der Waals surface area contributed by atoms with Gasteiger partial charge < -0.3 is 4.90 Å². The van der Waals surface area contributed by atoms with E-state index in [0.29, 0.717) is 34.8 Å². The quantitative estimate of drug-likeness (QED) is 0.433. The van der Waals surface area contributed by atoms with Crippen LogP contribution < -0.4 is 0 Å². The van der Waals surface area contributed by atoms with Crippen molar-refractivity contribution in [2.45, 2.75) is 24.7 Å². The molecule has 0 unspecified atom stereocenters. The Morgan fingerprint density at radius 3 is 2.79 bits per heavy atom. The molecule has 1 aliphatic heterocycles. The Morgan fingerprint density at radius 2 is 2.00 bits per heavy atom. The van der Waals surface area contributed by atoms with Gasteiger partial charge in [0, 0.05) is 30.2 Å². The first-order valence-corrected chi connectivity index (χ1v) is 10.8. The Balaban J connectivity index is 1.47. The molecular formula is C22H21ClN4OS. The van der Waals surface area contributed by atoms with Gasteiger partial charge in [-0.25, -0.2) is 0 Å². The highest BCUT2D eigenvalue weighted by molar-refractivity contribution is 7.99. The SMILES string of the molecule is C=CCn1c(SCC(=O)N2CCc3ccccc3C2)nnc1-c1cccc(Cl)c1. The maximum atomic E-state index is 12.8. The fourth-order valence-corrected chi connectivity index (χ4v) is 4.50. The number of carbonyl (C=O) groups excluding carboxylic acids is 1. The number of hydrogen-bond donors (Lipinski definition) is 0. The van der Waals surface area contributed by atoms with E-state index in [1.807, 2.05) is 39.8 Å². The van der Waals surface area contributed by atoms with Gasteiger partial charge >= 0.3 is 0 Å². The number of rotatable bonds is 6. The van der Waals surface area contributed by atoms with Crippen LogP contribution in [-0.2, 0) is 24.3 Å². The van der Waals surface area contributed by atoms with E-state index in [9.17, 15) is 4.79 Å². The lowest BCUT2D eigenvalue weighted by Crippen LogP contribution is -2.37. The average molecular weight is 425 g/mol. The summed E-state index contributed by atoms with van der Waals surface area (Å²) in [5, 5.41) is 9.98. The predicted molar refractivity (Wildman–Crippen MR) is 117 cm³/mol. The largest absolute Gasteiger partial charge is 0.337 e. The highest BCUT2D eigenvalue weighted by Crippen LogP contribution is 2.27. The summed E-state index contributed by atoms with van der Waals surface area (Å²) in [6.07, 6.45) is 2.70. The molecule has 0 radical (unpaired) electrons. The van der Waals surface area contributed by atoms with Gasteiger partial charge in [-0.3, -0.25) is 9.36 Å². The number of amides is 1. The molecule has 2 heterocycles. The van der Waals surface area contributed by atoms with E-state index in [2.05, 4.69) is 35.0 Å². The maximum Gasteiger partial charge on any atom is 0.233 e. The van der Waals surface area contributed by atoms with Gasteiger partial charge in [-0.1, -0.05) is 65.8 Å². The van der Waals surface area contributed by atoms with Gasteiger partial charge in [0.2, 0.25) is 5.91 Å². The van der Waals surface area contributed by atoms with Crippen LogP contribution in [0.15, 0.2) is 66.3 Å². The number of halogens is 1. The van der Waals surface area contributed by atoms with Crippen LogP contribution in [0.4, 0.5) is 0 Å². The number of thioether (sulfide) groups is 1. The summed E-state index contributed by atoms with van der Waals surface area (Å²) < 4.78 is 1.96. The summed E-state index contributed by atoms with van der Waals surface area (Å²) in [6.45, 7) is 5.81. The van der Waals surface area contributed by atoms with E-state index in [-0.39, 0.29) is 5.91 Å². The van der Waals surface area contributed by atoms with E-state index in [1.165, 1.54) is 22.9 Å². The summed E-state index contributed by atoms with van der Waals surface area (Å²) in [6, 6.07) is 15.8. The van der Waals surface area contributed by atoms with Crippen LogP contribution in [0.3, 0.4) is 0 Å². The number of allylic oxidation sites excluding steroid dienone is 1. The van der Waals surface area contributed by atoms with Crippen molar-refractivity contribution >= 4 is 29.3 Å². The van der Waals surface area contributed by atoms with Crippen molar-refractivity contribution in [2.24, 2.45) is 0 Å². The van der Waals surface area contributed by atoms with Crippen LogP contribution >= 0.6 is 23.4 Å². The second-order valence-corrected chi connectivity index (χ2v) is 8.22. The van der Waals surface area contributed by atoms with Crippen molar-refractivity contribution in [1.29, 1.82) is 0 Å². The highest BCUT2D eigenvalue weighted by Gasteiger charge is 2.22. The molecule has 0 spiro atoms. The normalized spacial score (nSPS) is 13.2. The van der Waals surface area contributed by atoms with Crippen LogP contribution in [0.5, 0.6) is 0 Å². The van der Waals surface area contributed by atoms with Crippen molar-refractivity contribution in [1.82, 2.24) is 19.7 Å². The lowest BCUT2D eigenvalue weighted by atomic mass is 10.00. The second kappa shape index (κ2) is 8.84. The lowest BCUT2D eigenvalue weighted by Gasteiger charge is -2.28. The zero-order chi connectivity index (χ0) is 20.2. The molecule has 5 nitrogen and oxygen atoms in total. The van der Waals surface area contributed by atoms with Crippen LogP contribution in [0.25, 0.3) is 11.4 Å². The fraction of sp³-hybridized carbons (Fsp3) is 0.227. The van der Waals surface area contributed by atoms with E-state index in [4.69, 9.17) is 11.6 Å². The fourth-order valence-electron chi connectivity index (χ4n) is 3.46. The molecule has 148 valence electrons. The van der Waals surface area contributed by atoms with Gasteiger partial charge in [-0.15, -0.1) is 16.8 Å². The number of benzene rings is 2. The third-order valence-electron chi connectivity index (χ3n) is 4.92. The smallest absolute Gasteiger partial charge is 0.233 e. The minimum Gasteiger partial charge on any atom is -0.337 e. The molecule has 0 aliphatic carbocycles. The Morgan fingerprint density at radius 1 is 1.17 bits per heavy atom. The summed E-state index contributed by atoms with van der Waals surface area (Å²) in [4.78, 5) is 14.7. The maximum absolute atomic E-state index is 12.8. The van der Waals surface area contributed by atoms with E-state index < -0.39 is 0 Å². The molecule has 7 heteroatoms. The first-order valence-electron chi connectivity index (χ1n) is 9.43. The van der Waals surface area contributed by atoms with Crippen molar-refractivity contribution in [3.05, 3.63) is 77.3 Å². The van der Waals surface area contributed by atoms with Gasteiger partial charge in [-0.2, -0.15) is 0 Å². The molecule has 1 amide bonds. The Labute approximate surface area is 179 Å². The number of hydrogen-bond acceptors (Lipinski definition) is 4. The van der Waals surface area contributed by atoms with E-state index in [1.54, 1.807) is 6.08 Å². The van der Waals surface area contributed by atoms with Crippen molar-refractivity contribution in [3.63, 3.8) is 0 Å². The van der Waals surface area contributed by atoms with Crippen LogP contribution in [0.2, 0.25) is 5.02 Å². The Hall–Kier alpha value is -2.57. The molecular weight excluding hydrogens is 404 g/mol. The van der Waals surface area contributed by atoms with Gasteiger partial charge in [-0.05, 0) is 29.7 Å². The molecule has 0 saturated carbocycles. The molecule has 3 aromatic rings. The lowest BCUT2D eigenvalue weighted by molar-refractivity contribution is -0.129. The van der Waals surface area contributed by atoms with E-state index >= 15 is 0 Å². The second-order valence-electron chi connectivity index (χ2n) is 6.84. The molecule has 29 heavy (non-hydrogen) atoms. The number of nitrogens with zero attached hydrogens (tertiary/aromatic N) is 4. The summed E-state index contributed by atoms with van der Waals surface area (Å²) in [7, 11) is 0. The van der Waals surface area contributed by atoms with Gasteiger partial charge in [0.1, 0.15) is 0 Å². The van der Waals surface area contributed by atoms with Gasteiger partial charge in [0.25, 0.3) is 0 Å². The van der Waals surface area contributed by atoms with Gasteiger partial charge in [0.05, 0.1) is 5.75 Å². The first kappa shape index (κ1) is 19.7. The van der Waals surface area contributed by atoms with Crippen molar-refractivity contribution in [2.75, 3.05) is 12.3 Å². The zero-order valence-electron chi connectivity index (χ0n) is 15.9. The van der Waals surface area contributed by atoms with Crippen LogP contribution in [-0.4, -0.2) is 37.9 Å². The van der Waals surface area contributed by atoms with E-state index in [0.717, 1.165) is 18.5 Å². The number of carbonyl (C=O) groups is 1. The molecule has 2 aromatic carbocycles. The first-order chi connectivity index (χ1) is 14.2. The number of fused-ring (bicyclic) bond motifs is 1. The standard InChI is InChI=1S/C22H21ClN4OS/c1-2-11-27-21(17-8-5-9-19(23)13-17)24-25-22(27)29-15-20(28)26-12-10-16-6-3-4-7-18(16)14-26/h2-9,13H,1,10-12,14-15H2. The Kier molecular flexibility index (Phi) is 6.02. The summed E-state index contributed by atoms with van der Waals surface area (Å²) in [5.41, 5.74) is 3.45. The molecule has 0 saturated heterocycles.